The molecular formula is C27H29F2N3O5. The maximum atomic E-state index is 16.2. The monoisotopic (exact) mass is 513 g/mol. The third-order valence-electron chi connectivity index (χ3n) is 6.46. The molecule has 8 nitrogen and oxygen atoms in total. The lowest BCUT2D eigenvalue weighted by atomic mass is 9.99. The summed E-state index contributed by atoms with van der Waals surface area (Å²) in [7, 11) is 1.71. The van der Waals surface area contributed by atoms with Crippen molar-refractivity contribution >= 4 is 23.0 Å². The van der Waals surface area contributed by atoms with Crippen LogP contribution in [0.3, 0.4) is 0 Å². The molecule has 1 unspecified atom stereocenters. The number of benzene rings is 2. The van der Waals surface area contributed by atoms with Gasteiger partial charge in [-0.25, -0.2) is 18.4 Å². The topological polar surface area (TPSA) is 98.7 Å². The van der Waals surface area contributed by atoms with Gasteiger partial charge in [-0.05, 0) is 45.4 Å². The third kappa shape index (κ3) is 5.20. The molecule has 1 aliphatic rings. The molecule has 1 heterocycles. The Bertz CT molecular complexity index is 1390. The fourth-order valence-corrected chi connectivity index (χ4v) is 4.49. The van der Waals surface area contributed by atoms with Crippen LogP contribution in [-0.2, 0) is 21.6 Å². The molecule has 2 aromatic carbocycles. The Morgan fingerprint density at radius 3 is 2.49 bits per heavy atom. The summed E-state index contributed by atoms with van der Waals surface area (Å²) < 4.78 is 43.3. The van der Waals surface area contributed by atoms with E-state index in [4.69, 9.17) is 9.47 Å². The average molecular weight is 514 g/mol. The number of amides is 1. The number of carbonyl (C=O) groups is 2. The van der Waals surface area contributed by atoms with Gasteiger partial charge in [0.05, 0.1) is 28.6 Å². The highest BCUT2D eigenvalue weighted by molar-refractivity contribution is 5.94. The van der Waals surface area contributed by atoms with Crippen LogP contribution in [-0.4, -0.2) is 36.8 Å². The van der Waals surface area contributed by atoms with Crippen LogP contribution in [0.2, 0.25) is 0 Å². The molecule has 196 valence electrons. The van der Waals surface area contributed by atoms with Crippen molar-refractivity contribution in [3.8, 4) is 0 Å². The largest absolute Gasteiger partial charge is 0.462 e. The van der Waals surface area contributed by atoms with Crippen molar-refractivity contribution in [1.29, 1.82) is 0 Å². The minimum atomic E-state index is -1.30. The summed E-state index contributed by atoms with van der Waals surface area (Å²) in [6.45, 7) is 3.78. The highest BCUT2D eigenvalue weighted by Crippen LogP contribution is 2.48. The molecule has 0 radical (unpaired) electrons. The van der Waals surface area contributed by atoms with E-state index in [0.717, 1.165) is 11.6 Å². The van der Waals surface area contributed by atoms with Gasteiger partial charge in [-0.15, -0.1) is 0 Å². The van der Waals surface area contributed by atoms with Crippen molar-refractivity contribution in [3.05, 3.63) is 81.1 Å². The normalized spacial score (nSPS) is 14.7. The van der Waals surface area contributed by atoms with E-state index in [-0.39, 0.29) is 35.2 Å². The molecule has 37 heavy (non-hydrogen) atoms. The number of pyridine rings is 1. The van der Waals surface area contributed by atoms with Crippen LogP contribution in [0.25, 0.3) is 10.9 Å². The number of hydrogen-bond acceptors (Lipinski definition) is 6. The predicted molar refractivity (Wildman–Crippen MR) is 133 cm³/mol. The van der Waals surface area contributed by atoms with Gasteiger partial charge in [-0.2, -0.15) is 0 Å². The van der Waals surface area contributed by atoms with Gasteiger partial charge >= 0.3 is 12.1 Å². The molecule has 0 spiro atoms. The van der Waals surface area contributed by atoms with E-state index in [1.807, 2.05) is 6.07 Å². The van der Waals surface area contributed by atoms with Crippen LogP contribution in [0.5, 0.6) is 0 Å². The summed E-state index contributed by atoms with van der Waals surface area (Å²) in [6, 6.07) is 9.55. The molecule has 0 saturated heterocycles. The van der Waals surface area contributed by atoms with Crippen LogP contribution in [0.4, 0.5) is 13.6 Å². The van der Waals surface area contributed by atoms with E-state index in [1.165, 1.54) is 10.8 Å². The first-order valence-electron chi connectivity index (χ1n) is 12.1. The second-order valence-electron chi connectivity index (χ2n) is 9.12. The predicted octanol–water partition coefficient (Wildman–Crippen LogP) is 4.15. The van der Waals surface area contributed by atoms with E-state index >= 15 is 8.78 Å². The van der Waals surface area contributed by atoms with E-state index in [0.29, 0.717) is 19.4 Å². The number of esters is 1. The minimum absolute atomic E-state index is 0.00312. The first-order chi connectivity index (χ1) is 17.7. The third-order valence-corrected chi connectivity index (χ3v) is 6.46. The van der Waals surface area contributed by atoms with Crippen molar-refractivity contribution in [2.45, 2.75) is 44.9 Å². The van der Waals surface area contributed by atoms with Gasteiger partial charge in [0.1, 0.15) is 18.0 Å². The first kappa shape index (κ1) is 26.3. The van der Waals surface area contributed by atoms with Gasteiger partial charge in [-0.1, -0.05) is 30.3 Å². The number of ether oxygens (including phenoxy) is 2. The van der Waals surface area contributed by atoms with Crippen LogP contribution in [0.1, 0.15) is 54.2 Å². The molecule has 2 N–H and O–H groups in total. The lowest BCUT2D eigenvalue weighted by molar-refractivity contribution is 0.0524. The number of likely N-dealkylation sites (N-methyl/N-ethyl adjacent to an activating group) is 1. The highest BCUT2D eigenvalue weighted by Gasteiger charge is 2.50. The molecule has 0 aliphatic heterocycles. The number of carbonyl (C=O) groups excluding carboxylic acids is 2. The van der Waals surface area contributed by atoms with Crippen LogP contribution in [0.15, 0.2) is 47.4 Å². The van der Waals surface area contributed by atoms with Gasteiger partial charge in [0, 0.05) is 18.8 Å². The highest BCUT2D eigenvalue weighted by atomic mass is 19.1. The standard InChI is InChI=1S/C27H29F2N3O5/c1-4-36-25(34)19-14-32(16(2)13-30-3)23-18(24(19)33)12-20(28)21(22(23)29)27(10-11-27)31-26(35)37-15-17-8-6-5-7-9-17/h5-9,12,14,16,30H,4,10-11,13,15H2,1-3H3,(H,31,35). The summed E-state index contributed by atoms with van der Waals surface area (Å²) >= 11 is 0. The van der Waals surface area contributed by atoms with Crippen LogP contribution < -0.4 is 16.1 Å². The van der Waals surface area contributed by atoms with E-state index < -0.39 is 40.7 Å². The summed E-state index contributed by atoms with van der Waals surface area (Å²) in [5, 5.41) is 5.31. The zero-order valence-electron chi connectivity index (χ0n) is 20.9. The molecule has 1 aromatic heterocycles. The molecule has 10 heteroatoms. The fraction of sp³-hybridized carbons (Fsp3) is 0.370. The van der Waals surface area contributed by atoms with Crippen molar-refractivity contribution < 1.29 is 27.8 Å². The SMILES string of the molecule is CCOC(=O)c1cn(C(C)CNC)c2c(F)c(C3(NC(=O)OCc4ccccc4)CC3)c(F)cc2c1=O. The molecule has 1 atom stereocenters. The Kier molecular flexibility index (Phi) is 7.58. The Balaban J connectivity index is 1.76. The molecule has 3 aromatic rings. The molecule has 1 aliphatic carbocycles. The van der Waals surface area contributed by atoms with Gasteiger partial charge in [0.15, 0.2) is 5.82 Å². The number of hydrogen-bond donors (Lipinski definition) is 2. The number of nitrogens with one attached hydrogen (secondary N) is 2. The van der Waals surface area contributed by atoms with Crippen molar-refractivity contribution in [3.63, 3.8) is 0 Å². The summed E-state index contributed by atoms with van der Waals surface area (Å²) in [5.41, 5.74) is -2.17. The Morgan fingerprint density at radius 1 is 1.16 bits per heavy atom. The average Bonchev–Trinajstić information content (AvgIpc) is 3.63. The second kappa shape index (κ2) is 10.7. The number of rotatable bonds is 9. The number of aromatic nitrogens is 1. The molecule has 1 amide bonds. The molecule has 1 saturated carbocycles. The number of nitrogens with zero attached hydrogens (tertiary/aromatic N) is 1. The van der Waals surface area contributed by atoms with Crippen molar-refractivity contribution in [2.75, 3.05) is 20.2 Å². The zero-order chi connectivity index (χ0) is 26.7. The molecule has 4 rings (SSSR count). The van der Waals surface area contributed by atoms with Crippen molar-refractivity contribution in [2.24, 2.45) is 0 Å². The minimum Gasteiger partial charge on any atom is -0.462 e. The van der Waals surface area contributed by atoms with Gasteiger partial charge in [-0.3, -0.25) is 4.79 Å². The number of halogens is 2. The number of alkyl carbamates (subject to hydrolysis) is 1. The van der Waals surface area contributed by atoms with Gasteiger partial charge in [0.25, 0.3) is 0 Å². The van der Waals surface area contributed by atoms with E-state index in [1.54, 1.807) is 45.2 Å². The molecular weight excluding hydrogens is 484 g/mol. The van der Waals surface area contributed by atoms with E-state index in [9.17, 15) is 14.4 Å². The summed E-state index contributed by atoms with van der Waals surface area (Å²) in [6.07, 6.45) is 1.03. The Hall–Kier alpha value is -3.79. The van der Waals surface area contributed by atoms with Gasteiger partial charge < -0.3 is 24.7 Å². The maximum Gasteiger partial charge on any atom is 0.408 e. The van der Waals surface area contributed by atoms with Gasteiger partial charge in [0.2, 0.25) is 5.43 Å². The van der Waals surface area contributed by atoms with Crippen LogP contribution in [0, 0.1) is 11.6 Å². The second-order valence-corrected chi connectivity index (χ2v) is 9.12. The molecule has 0 bridgehead atoms. The quantitative estimate of drug-likeness (QED) is 0.417. The van der Waals surface area contributed by atoms with E-state index in [2.05, 4.69) is 10.6 Å². The van der Waals surface area contributed by atoms with Crippen LogP contribution >= 0.6 is 0 Å². The van der Waals surface area contributed by atoms with Crippen molar-refractivity contribution in [1.82, 2.24) is 15.2 Å². The Morgan fingerprint density at radius 2 is 1.86 bits per heavy atom. The first-order valence-corrected chi connectivity index (χ1v) is 12.1. The lowest BCUT2D eigenvalue weighted by Gasteiger charge is -2.24. The maximum absolute atomic E-state index is 16.2. The lowest BCUT2D eigenvalue weighted by Crippen LogP contribution is -2.37. The zero-order valence-corrected chi connectivity index (χ0v) is 20.9. The fourth-order valence-electron chi connectivity index (χ4n) is 4.49. The Labute approximate surface area is 212 Å². The summed E-state index contributed by atoms with van der Waals surface area (Å²) in [4.78, 5) is 38.1. The number of fused-ring (bicyclic) bond motifs is 1. The molecule has 1 fully saturated rings. The summed E-state index contributed by atoms with van der Waals surface area (Å²) in [5.74, 6) is -2.82. The smallest absolute Gasteiger partial charge is 0.408 e.